The fraction of sp³-hybridized carbons (Fsp3) is 0.455. The molecule has 2 heterocycles. The van der Waals surface area contributed by atoms with Crippen molar-refractivity contribution in [3.8, 4) is 0 Å². The maximum Gasteiger partial charge on any atom is 0.261 e. The largest absolute Gasteiger partial charge is 0.342 e. The second-order valence-electron chi connectivity index (χ2n) is 4.05. The van der Waals surface area contributed by atoms with Crippen LogP contribution in [0, 0.1) is 0 Å². The van der Waals surface area contributed by atoms with E-state index in [9.17, 15) is 9.59 Å². The van der Waals surface area contributed by atoms with Gasteiger partial charge in [0, 0.05) is 19.1 Å². The first kappa shape index (κ1) is 14.9. The molecule has 1 aromatic heterocycles. The van der Waals surface area contributed by atoms with Gasteiger partial charge in [-0.2, -0.15) is 0 Å². The molecule has 1 saturated heterocycles. The van der Waals surface area contributed by atoms with Crippen molar-refractivity contribution in [2.24, 2.45) is 5.73 Å². The van der Waals surface area contributed by atoms with Crippen LogP contribution in [0.4, 0.5) is 0 Å². The maximum absolute atomic E-state index is 11.7. The molecule has 1 aliphatic heterocycles. The van der Waals surface area contributed by atoms with Gasteiger partial charge in [0.1, 0.15) is 0 Å². The Labute approximate surface area is 116 Å². The number of carbonyl (C=O) groups is 2. The fourth-order valence-corrected chi connectivity index (χ4v) is 2.42. The average molecular weight is 290 g/mol. The van der Waals surface area contributed by atoms with E-state index in [1.807, 2.05) is 5.38 Å². The number of amides is 2. The molecule has 5 nitrogen and oxygen atoms in total. The van der Waals surface area contributed by atoms with Crippen LogP contribution >= 0.6 is 23.7 Å². The topological polar surface area (TPSA) is 75.4 Å². The summed E-state index contributed by atoms with van der Waals surface area (Å²) < 4.78 is 0. The molecule has 0 aromatic carbocycles. The molecule has 1 fully saturated rings. The summed E-state index contributed by atoms with van der Waals surface area (Å²) in [5.74, 6) is -0.264. The summed E-state index contributed by atoms with van der Waals surface area (Å²) in [5.41, 5.74) is 5.72. The smallest absolute Gasteiger partial charge is 0.261 e. The first-order valence-electron chi connectivity index (χ1n) is 5.52. The first-order valence-corrected chi connectivity index (χ1v) is 6.40. The van der Waals surface area contributed by atoms with Gasteiger partial charge in [-0.25, -0.2) is 0 Å². The van der Waals surface area contributed by atoms with Crippen LogP contribution in [0.5, 0.6) is 0 Å². The molecule has 0 bridgehead atoms. The summed E-state index contributed by atoms with van der Waals surface area (Å²) in [5, 5.41) is 4.45. The van der Waals surface area contributed by atoms with Gasteiger partial charge in [0.15, 0.2) is 0 Å². The Balaban J connectivity index is 0.00000162. The molecule has 0 saturated carbocycles. The van der Waals surface area contributed by atoms with Crippen molar-refractivity contribution >= 4 is 35.6 Å². The molecule has 2 amide bonds. The lowest BCUT2D eigenvalue weighted by atomic mass is 10.3. The number of halogens is 1. The lowest BCUT2D eigenvalue weighted by molar-refractivity contribution is -0.129. The third-order valence-electron chi connectivity index (χ3n) is 2.72. The molecule has 18 heavy (non-hydrogen) atoms. The van der Waals surface area contributed by atoms with Crippen molar-refractivity contribution in [1.29, 1.82) is 0 Å². The Morgan fingerprint density at radius 2 is 2.33 bits per heavy atom. The molecule has 7 heteroatoms. The molecular formula is C11H16ClN3O2S. The third kappa shape index (κ3) is 3.69. The summed E-state index contributed by atoms with van der Waals surface area (Å²) in [7, 11) is 0. The van der Waals surface area contributed by atoms with E-state index < -0.39 is 0 Å². The number of carbonyl (C=O) groups excluding carboxylic acids is 2. The molecule has 0 spiro atoms. The molecular weight excluding hydrogens is 274 g/mol. The minimum absolute atomic E-state index is 0. The Hall–Kier alpha value is -1.11. The summed E-state index contributed by atoms with van der Waals surface area (Å²) in [6.45, 7) is 1.33. The number of nitrogens with two attached hydrogens (primary N) is 1. The number of rotatable bonds is 3. The van der Waals surface area contributed by atoms with Gasteiger partial charge in [0.05, 0.1) is 11.4 Å². The molecule has 0 unspecified atom stereocenters. The monoisotopic (exact) mass is 289 g/mol. The first-order chi connectivity index (χ1) is 8.16. The van der Waals surface area contributed by atoms with Crippen molar-refractivity contribution in [3.05, 3.63) is 22.4 Å². The molecule has 1 aromatic rings. The standard InChI is InChI=1S/C11H15N3O2S.ClH/c12-8-3-4-14(7-8)10(15)6-13-11(16)9-2-1-5-17-9;/h1-2,5,8H,3-4,6-7,12H2,(H,13,16);1H/t8-;/m1./s1. The van der Waals surface area contributed by atoms with Gasteiger partial charge in [0.2, 0.25) is 5.91 Å². The Bertz CT molecular complexity index is 410. The summed E-state index contributed by atoms with van der Waals surface area (Å²) in [6.07, 6.45) is 0.838. The number of thiophene rings is 1. The van der Waals surface area contributed by atoms with E-state index in [-0.39, 0.29) is 36.8 Å². The quantitative estimate of drug-likeness (QED) is 0.849. The van der Waals surface area contributed by atoms with Gasteiger partial charge in [0.25, 0.3) is 5.91 Å². The van der Waals surface area contributed by atoms with Crippen LogP contribution in [-0.2, 0) is 4.79 Å². The van der Waals surface area contributed by atoms with Crippen molar-refractivity contribution < 1.29 is 9.59 Å². The van der Waals surface area contributed by atoms with Crippen molar-refractivity contribution in [2.45, 2.75) is 12.5 Å². The number of hydrogen-bond donors (Lipinski definition) is 2. The highest BCUT2D eigenvalue weighted by atomic mass is 35.5. The van der Waals surface area contributed by atoms with Gasteiger partial charge in [-0.3, -0.25) is 9.59 Å². The second-order valence-corrected chi connectivity index (χ2v) is 5.00. The number of hydrogen-bond acceptors (Lipinski definition) is 4. The molecule has 0 aliphatic carbocycles. The second kappa shape index (κ2) is 6.72. The average Bonchev–Trinajstić information content (AvgIpc) is 2.95. The van der Waals surface area contributed by atoms with Crippen molar-refractivity contribution in [1.82, 2.24) is 10.2 Å². The van der Waals surface area contributed by atoms with E-state index in [2.05, 4.69) is 5.32 Å². The molecule has 100 valence electrons. The highest BCUT2D eigenvalue weighted by Crippen LogP contribution is 2.08. The van der Waals surface area contributed by atoms with Crippen molar-refractivity contribution in [3.63, 3.8) is 0 Å². The van der Waals surface area contributed by atoms with Crippen LogP contribution in [0.15, 0.2) is 17.5 Å². The molecule has 0 radical (unpaired) electrons. The van der Waals surface area contributed by atoms with Crippen LogP contribution < -0.4 is 11.1 Å². The number of nitrogens with one attached hydrogen (secondary N) is 1. The van der Waals surface area contributed by atoms with E-state index in [1.54, 1.807) is 17.0 Å². The predicted molar refractivity (Wildman–Crippen MR) is 73.1 cm³/mol. The van der Waals surface area contributed by atoms with E-state index >= 15 is 0 Å². The Morgan fingerprint density at radius 1 is 1.56 bits per heavy atom. The molecule has 1 atom stereocenters. The molecule has 2 rings (SSSR count). The predicted octanol–water partition coefficient (Wildman–Crippen LogP) is 0.459. The zero-order chi connectivity index (χ0) is 12.3. The normalized spacial score (nSPS) is 18.3. The van der Waals surface area contributed by atoms with Crippen molar-refractivity contribution in [2.75, 3.05) is 19.6 Å². The van der Waals surface area contributed by atoms with E-state index in [0.29, 0.717) is 18.0 Å². The van der Waals surface area contributed by atoms with Crippen LogP contribution in [0.1, 0.15) is 16.1 Å². The number of likely N-dealkylation sites (tertiary alicyclic amines) is 1. The van der Waals surface area contributed by atoms with Crippen LogP contribution in [0.2, 0.25) is 0 Å². The lowest BCUT2D eigenvalue weighted by Gasteiger charge is -2.15. The summed E-state index contributed by atoms with van der Waals surface area (Å²) >= 11 is 1.36. The Kier molecular flexibility index (Phi) is 5.58. The summed E-state index contributed by atoms with van der Waals surface area (Å²) in [6, 6.07) is 3.61. The van der Waals surface area contributed by atoms with Gasteiger partial charge in [-0.1, -0.05) is 6.07 Å². The highest BCUT2D eigenvalue weighted by molar-refractivity contribution is 7.12. The lowest BCUT2D eigenvalue weighted by Crippen LogP contribution is -2.39. The molecule has 1 aliphatic rings. The zero-order valence-corrected chi connectivity index (χ0v) is 11.4. The third-order valence-corrected chi connectivity index (χ3v) is 3.59. The van der Waals surface area contributed by atoms with Gasteiger partial charge >= 0.3 is 0 Å². The van der Waals surface area contributed by atoms with E-state index in [4.69, 9.17) is 5.73 Å². The minimum Gasteiger partial charge on any atom is -0.342 e. The minimum atomic E-state index is -0.197. The van der Waals surface area contributed by atoms with Gasteiger partial charge in [-0.05, 0) is 17.9 Å². The van der Waals surface area contributed by atoms with Crippen LogP contribution in [0.25, 0.3) is 0 Å². The van der Waals surface area contributed by atoms with E-state index in [1.165, 1.54) is 11.3 Å². The number of nitrogens with zero attached hydrogens (tertiary/aromatic N) is 1. The summed E-state index contributed by atoms with van der Waals surface area (Å²) in [4.78, 5) is 25.6. The van der Waals surface area contributed by atoms with E-state index in [0.717, 1.165) is 6.42 Å². The maximum atomic E-state index is 11.7. The fourth-order valence-electron chi connectivity index (χ4n) is 1.78. The van der Waals surface area contributed by atoms with Gasteiger partial charge in [-0.15, -0.1) is 23.7 Å². The molecule has 3 N–H and O–H groups in total. The van der Waals surface area contributed by atoms with Crippen LogP contribution in [0.3, 0.4) is 0 Å². The van der Waals surface area contributed by atoms with Crippen LogP contribution in [-0.4, -0.2) is 42.4 Å². The SMILES string of the molecule is Cl.N[C@@H]1CCN(C(=O)CNC(=O)c2cccs2)C1. The highest BCUT2D eigenvalue weighted by Gasteiger charge is 2.23. The Morgan fingerprint density at radius 3 is 2.89 bits per heavy atom. The van der Waals surface area contributed by atoms with Gasteiger partial charge < -0.3 is 16.0 Å². The zero-order valence-electron chi connectivity index (χ0n) is 9.80.